The number of hydrogen-bond acceptors (Lipinski definition) is 7. The largest absolute Gasteiger partial charge is 0.359 e. The molecule has 0 saturated heterocycles. The van der Waals surface area contributed by atoms with E-state index in [2.05, 4.69) is 25.4 Å². The van der Waals surface area contributed by atoms with Gasteiger partial charge in [-0.3, -0.25) is 0 Å². The molecule has 0 spiro atoms. The lowest BCUT2D eigenvalue weighted by Gasteiger charge is -2.11. The van der Waals surface area contributed by atoms with E-state index in [0.717, 1.165) is 5.69 Å². The average Bonchev–Trinajstić information content (AvgIpc) is 2.72. The molecular weight excluding hydrogens is 256 g/mol. The van der Waals surface area contributed by atoms with Crippen LogP contribution in [0.25, 0.3) is 0 Å². The van der Waals surface area contributed by atoms with E-state index in [-0.39, 0.29) is 5.28 Å². The fraction of sp³-hybridized carbons (Fsp3) is 0.400. The molecule has 8 heteroatoms. The molecule has 0 aliphatic heterocycles. The van der Waals surface area contributed by atoms with Crippen LogP contribution in [0.2, 0.25) is 5.28 Å². The fourth-order valence-corrected chi connectivity index (χ4v) is 1.44. The normalized spacial score (nSPS) is 10.4. The van der Waals surface area contributed by atoms with Crippen molar-refractivity contribution in [1.82, 2.24) is 20.1 Å². The molecule has 0 unspecified atom stereocenters. The number of halogens is 1. The van der Waals surface area contributed by atoms with E-state index < -0.39 is 0 Å². The molecule has 0 fully saturated rings. The van der Waals surface area contributed by atoms with Gasteiger partial charge in [-0.1, -0.05) is 5.16 Å². The van der Waals surface area contributed by atoms with E-state index in [0.29, 0.717) is 24.2 Å². The first-order valence-electron chi connectivity index (χ1n) is 5.29. The summed E-state index contributed by atoms with van der Waals surface area (Å²) >= 11 is 5.82. The topological polar surface area (TPSA) is 80.0 Å². The van der Waals surface area contributed by atoms with Gasteiger partial charge in [-0.05, 0) is 18.5 Å². The van der Waals surface area contributed by atoms with E-state index >= 15 is 0 Å². The third-order valence-corrected chi connectivity index (χ3v) is 2.26. The summed E-state index contributed by atoms with van der Waals surface area (Å²) < 4.78 is 5.07. The summed E-state index contributed by atoms with van der Waals surface area (Å²) in [5.41, 5.74) is 0.828. The minimum Gasteiger partial charge on any atom is -0.359 e. The molecule has 2 rings (SSSR count). The van der Waals surface area contributed by atoms with Gasteiger partial charge in [0.15, 0.2) is 5.76 Å². The zero-order valence-electron chi connectivity index (χ0n) is 10.3. The Kier molecular flexibility index (Phi) is 3.61. The lowest BCUT2D eigenvalue weighted by molar-refractivity contribution is 0.384. The molecule has 2 heterocycles. The molecule has 18 heavy (non-hydrogen) atoms. The number of aromatic nitrogens is 4. The van der Waals surface area contributed by atoms with Crippen LogP contribution in [0.4, 0.5) is 11.9 Å². The Morgan fingerprint density at radius 3 is 2.72 bits per heavy atom. The van der Waals surface area contributed by atoms with Gasteiger partial charge in [0.1, 0.15) is 0 Å². The van der Waals surface area contributed by atoms with Gasteiger partial charge < -0.3 is 14.7 Å². The summed E-state index contributed by atoms with van der Waals surface area (Å²) in [5.74, 6) is 1.59. The number of hydrogen-bond donors (Lipinski definition) is 1. The maximum absolute atomic E-state index is 5.82. The van der Waals surface area contributed by atoms with E-state index in [1.54, 1.807) is 4.90 Å². The van der Waals surface area contributed by atoms with Crippen molar-refractivity contribution in [3.05, 3.63) is 22.8 Å². The number of nitrogens with zero attached hydrogens (tertiary/aromatic N) is 5. The van der Waals surface area contributed by atoms with Crippen LogP contribution in [0, 0.1) is 6.92 Å². The van der Waals surface area contributed by atoms with Gasteiger partial charge in [-0.2, -0.15) is 15.0 Å². The van der Waals surface area contributed by atoms with Crippen LogP contribution in [-0.2, 0) is 6.54 Å². The Labute approximate surface area is 109 Å². The molecular formula is C10H13ClN6O. The van der Waals surface area contributed by atoms with Crippen molar-refractivity contribution in [2.45, 2.75) is 13.5 Å². The van der Waals surface area contributed by atoms with Gasteiger partial charge >= 0.3 is 0 Å². The summed E-state index contributed by atoms with van der Waals surface area (Å²) in [5, 5.41) is 6.94. The average molecular weight is 269 g/mol. The standard InChI is InChI=1S/C10H13ClN6O/c1-6-4-7(18-16-6)5-12-9-13-8(11)14-10(15-9)17(2)3/h4H,5H2,1-3H3,(H,12,13,14,15). The van der Waals surface area contributed by atoms with Crippen molar-refractivity contribution in [2.75, 3.05) is 24.3 Å². The first-order chi connectivity index (χ1) is 8.54. The highest BCUT2D eigenvalue weighted by Crippen LogP contribution is 2.12. The molecule has 0 radical (unpaired) electrons. The summed E-state index contributed by atoms with van der Waals surface area (Å²) in [6, 6.07) is 1.84. The highest BCUT2D eigenvalue weighted by Gasteiger charge is 2.07. The third kappa shape index (κ3) is 3.07. The minimum atomic E-state index is 0.143. The van der Waals surface area contributed by atoms with Crippen LogP contribution in [0.5, 0.6) is 0 Å². The fourth-order valence-electron chi connectivity index (χ4n) is 1.28. The monoisotopic (exact) mass is 268 g/mol. The van der Waals surface area contributed by atoms with Crippen LogP contribution in [-0.4, -0.2) is 34.2 Å². The molecule has 1 N–H and O–H groups in total. The molecule has 0 saturated carbocycles. The van der Waals surface area contributed by atoms with Crippen LogP contribution >= 0.6 is 11.6 Å². The van der Waals surface area contributed by atoms with Gasteiger partial charge in [0, 0.05) is 20.2 Å². The van der Waals surface area contributed by atoms with Crippen molar-refractivity contribution >= 4 is 23.5 Å². The van der Waals surface area contributed by atoms with Crippen molar-refractivity contribution in [2.24, 2.45) is 0 Å². The first-order valence-corrected chi connectivity index (χ1v) is 5.67. The van der Waals surface area contributed by atoms with Crippen LogP contribution in [0.3, 0.4) is 0 Å². The molecule has 0 atom stereocenters. The highest BCUT2D eigenvalue weighted by molar-refractivity contribution is 6.28. The third-order valence-electron chi connectivity index (χ3n) is 2.09. The van der Waals surface area contributed by atoms with Crippen molar-refractivity contribution in [3.63, 3.8) is 0 Å². The number of anilines is 2. The van der Waals surface area contributed by atoms with Crippen LogP contribution in [0.15, 0.2) is 10.6 Å². The van der Waals surface area contributed by atoms with Crippen molar-refractivity contribution in [1.29, 1.82) is 0 Å². The second-order valence-electron chi connectivity index (χ2n) is 3.91. The van der Waals surface area contributed by atoms with Gasteiger partial charge in [-0.15, -0.1) is 0 Å². The smallest absolute Gasteiger partial charge is 0.230 e. The Balaban J connectivity index is 2.09. The Hall–Kier alpha value is -1.89. The molecule has 2 aromatic rings. The molecule has 0 bridgehead atoms. The van der Waals surface area contributed by atoms with Gasteiger partial charge in [0.05, 0.1) is 12.2 Å². The summed E-state index contributed by atoms with van der Waals surface area (Å²) in [7, 11) is 3.66. The minimum absolute atomic E-state index is 0.143. The Morgan fingerprint density at radius 2 is 2.11 bits per heavy atom. The summed E-state index contributed by atoms with van der Waals surface area (Å²) in [6.07, 6.45) is 0. The van der Waals surface area contributed by atoms with Crippen molar-refractivity contribution in [3.8, 4) is 0 Å². The zero-order valence-corrected chi connectivity index (χ0v) is 11.1. The van der Waals surface area contributed by atoms with E-state index in [9.17, 15) is 0 Å². The molecule has 96 valence electrons. The van der Waals surface area contributed by atoms with E-state index in [4.69, 9.17) is 16.1 Å². The molecule has 0 amide bonds. The molecule has 0 aromatic carbocycles. The zero-order chi connectivity index (χ0) is 13.1. The highest BCUT2D eigenvalue weighted by atomic mass is 35.5. The second-order valence-corrected chi connectivity index (χ2v) is 4.25. The molecule has 7 nitrogen and oxygen atoms in total. The molecule has 2 aromatic heterocycles. The predicted molar refractivity (Wildman–Crippen MR) is 67.7 cm³/mol. The lowest BCUT2D eigenvalue weighted by atomic mass is 10.4. The summed E-state index contributed by atoms with van der Waals surface area (Å²) in [4.78, 5) is 13.9. The summed E-state index contributed by atoms with van der Waals surface area (Å²) in [6.45, 7) is 2.30. The predicted octanol–water partition coefficient (Wildman–Crippen LogP) is 1.50. The molecule has 0 aliphatic rings. The Bertz CT molecular complexity index is 541. The number of aryl methyl sites for hydroxylation is 1. The van der Waals surface area contributed by atoms with Crippen LogP contribution < -0.4 is 10.2 Å². The Morgan fingerprint density at radius 1 is 1.33 bits per heavy atom. The molecule has 0 aliphatic carbocycles. The first kappa shape index (κ1) is 12.6. The van der Waals surface area contributed by atoms with Crippen LogP contribution in [0.1, 0.15) is 11.5 Å². The number of nitrogens with one attached hydrogen (secondary N) is 1. The maximum Gasteiger partial charge on any atom is 0.230 e. The lowest BCUT2D eigenvalue weighted by Crippen LogP contribution is -2.15. The SMILES string of the molecule is Cc1cc(CNc2nc(Cl)nc(N(C)C)n2)on1. The van der Waals surface area contributed by atoms with Gasteiger partial charge in [0.25, 0.3) is 0 Å². The quantitative estimate of drug-likeness (QED) is 0.900. The maximum atomic E-state index is 5.82. The van der Waals surface area contributed by atoms with Gasteiger partial charge in [-0.25, -0.2) is 0 Å². The van der Waals surface area contributed by atoms with E-state index in [1.807, 2.05) is 27.1 Å². The van der Waals surface area contributed by atoms with Gasteiger partial charge in [0.2, 0.25) is 17.2 Å². The second kappa shape index (κ2) is 5.18. The van der Waals surface area contributed by atoms with E-state index in [1.165, 1.54) is 0 Å². The number of rotatable bonds is 4. The van der Waals surface area contributed by atoms with Crippen molar-refractivity contribution < 1.29 is 4.52 Å².